The molecule has 74 valence electrons. The molecule has 0 unspecified atom stereocenters. The topological polar surface area (TPSA) is 83.6 Å². The van der Waals surface area contributed by atoms with Crippen molar-refractivity contribution in [3.8, 4) is 0 Å². The highest BCUT2D eigenvalue weighted by Gasteiger charge is 2.22. The number of aryl methyl sites for hydroxylation is 1. The van der Waals surface area contributed by atoms with E-state index in [1.165, 1.54) is 6.92 Å². The molecule has 1 aromatic rings. The molecule has 0 amide bonds. The molecule has 7 heteroatoms. The molecule has 0 aliphatic rings. The van der Waals surface area contributed by atoms with Crippen LogP contribution in [0.3, 0.4) is 0 Å². The lowest BCUT2D eigenvalue weighted by atomic mass is 9.77. The van der Waals surface area contributed by atoms with Gasteiger partial charge in [0, 0.05) is 6.07 Å². The molecule has 1 aromatic carbocycles. The number of rotatable bonds is 2. The summed E-state index contributed by atoms with van der Waals surface area (Å²) in [6.07, 6.45) is 0. The maximum Gasteiger partial charge on any atom is 0.488 e. The fourth-order valence-electron chi connectivity index (χ4n) is 1.10. The lowest BCUT2D eigenvalue weighted by Crippen LogP contribution is -2.32. The molecule has 0 fully saturated rings. The van der Waals surface area contributed by atoms with Crippen LogP contribution in [0.5, 0.6) is 0 Å². The van der Waals surface area contributed by atoms with Crippen LogP contribution in [0.1, 0.15) is 5.56 Å². The molecule has 0 atom stereocenters. The monoisotopic (exact) mass is 199 g/mol. The van der Waals surface area contributed by atoms with E-state index >= 15 is 0 Å². The fourth-order valence-corrected chi connectivity index (χ4v) is 1.10. The SMILES string of the molecule is Cc1cc(F)c([N+](=O)[O-])cc1B(O)O. The van der Waals surface area contributed by atoms with E-state index in [0.29, 0.717) is 0 Å². The minimum absolute atomic E-state index is 0.0712. The minimum Gasteiger partial charge on any atom is -0.423 e. The van der Waals surface area contributed by atoms with Gasteiger partial charge in [0.25, 0.3) is 0 Å². The highest BCUT2D eigenvalue weighted by atomic mass is 19.1. The average molecular weight is 199 g/mol. The van der Waals surface area contributed by atoms with Crippen LogP contribution in [0.2, 0.25) is 0 Å². The molecular formula is C7H7BFNO4. The van der Waals surface area contributed by atoms with Crippen LogP contribution >= 0.6 is 0 Å². The molecule has 0 saturated carbocycles. The van der Waals surface area contributed by atoms with Crippen molar-refractivity contribution in [3.05, 3.63) is 33.6 Å². The zero-order chi connectivity index (χ0) is 10.9. The molecule has 0 spiro atoms. The Kier molecular flexibility index (Phi) is 2.83. The number of nitro benzene ring substituents is 1. The quantitative estimate of drug-likeness (QED) is 0.389. The first-order chi connectivity index (χ1) is 6.43. The molecule has 1 rings (SSSR count). The molecule has 14 heavy (non-hydrogen) atoms. The molecule has 0 aliphatic heterocycles. The van der Waals surface area contributed by atoms with Crippen molar-refractivity contribution >= 4 is 18.3 Å². The summed E-state index contributed by atoms with van der Waals surface area (Å²) >= 11 is 0. The zero-order valence-corrected chi connectivity index (χ0v) is 7.27. The van der Waals surface area contributed by atoms with Crippen molar-refractivity contribution in [1.29, 1.82) is 0 Å². The first-order valence-corrected chi connectivity index (χ1v) is 3.74. The van der Waals surface area contributed by atoms with Crippen LogP contribution in [0, 0.1) is 22.9 Å². The number of hydrogen-bond donors (Lipinski definition) is 2. The largest absolute Gasteiger partial charge is 0.488 e. The molecule has 5 nitrogen and oxygen atoms in total. The van der Waals surface area contributed by atoms with Crippen molar-refractivity contribution in [1.82, 2.24) is 0 Å². The van der Waals surface area contributed by atoms with Crippen molar-refractivity contribution in [3.63, 3.8) is 0 Å². The summed E-state index contributed by atoms with van der Waals surface area (Å²) in [6, 6.07) is 1.71. The van der Waals surface area contributed by atoms with E-state index in [2.05, 4.69) is 0 Å². The van der Waals surface area contributed by atoms with Crippen LogP contribution in [-0.2, 0) is 0 Å². The Hall–Kier alpha value is -1.47. The van der Waals surface area contributed by atoms with Crippen LogP contribution in [0.4, 0.5) is 10.1 Å². The summed E-state index contributed by atoms with van der Waals surface area (Å²) in [7, 11) is -1.84. The first-order valence-electron chi connectivity index (χ1n) is 3.74. The predicted molar refractivity (Wildman–Crippen MR) is 47.6 cm³/mol. The van der Waals surface area contributed by atoms with Gasteiger partial charge in [-0.3, -0.25) is 10.1 Å². The summed E-state index contributed by atoms with van der Waals surface area (Å²) < 4.78 is 12.9. The second kappa shape index (κ2) is 3.73. The Balaban J connectivity index is 3.34. The Bertz CT molecular complexity index is 382. The summed E-state index contributed by atoms with van der Waals surface area (Å²) in [4.78, 5) is 9.39. The van der Waals surface area contributed by atoms with Crippen molar-refractivity contribution in [2.24, 2.45) is 0 Å². The van der Waals surface area contributed by atoms with Gasteiger partial charge in [0.1, 0.15) is 0 Å². The van der Waals surface area contributed by atoms with Gasteiger partial charge in [-0.15, -0.1) is 0 Å². The van der Waals surface area contributed by atoms with Gasteiger partial charge in [-0.05, 0) is 24.0 Å². The van der Waals surface area contributed by atoms with Crippen molar-refractivity contribution in [2.75, 3.05) is 0 Å². The summed E-state index contributed by atoms with van der Waals surface area (Å²) in [6.45, 7) is 1.43. The zero-order valence-electron chi connectivity index (χ0n) is 7.27. The Morgan fingerprint density at radius 3 is 2.50 bits per heavy atom. The summed E-state index contributed by atoms with van der Waals surface area (Å²) in [5.41, 5.74) is -0.583. The van der Waals surface area contributed by atoms with Crippen LogP contribution in [0.15, 0.2) is 12.1 Å². The number of halogens is 1. The van der Waals surface area contributed by atoms with Gasteiger partial charge in [0.15, 0.2) is 0 Å². The molecular weight excluding hydrogens is 192 g/mol. The first kappa shape index (κ1) is 10.6. The third-order valence-corrected chi connectivity index (χ3v) is 1.81. The fraction of sp³-hybridized carbons (Fsp3) is 0.143. The Labute approximate surface area is 79.1 Å². The molecule has 0 aliphatic carbocycles. The van der Waals surface area contributed by atoms with Crippen LogP contribution in [-0.4, -0.2) is 22.1 Å². The van der Waals surface area contributed by atoms with E-state index in [1.807, 2.05) is 0 Å². The van der Waals surface area contributed by atoms with Gasteiger partial charge in [-0.25, -0.2) is 0 Å². The molecule has 0 bridgehead atoms. The van der Waals surface area contributed by atoms with Crippen LogP contribution < -0.4 is 5.46 Å². The maximum absolute atomic E-state index is 12.9. The lowest BCUT2D eigenvalue weighted by Gasteiger charge is -2.04. The van der Waals surface area contributed by atoms with Gasteiger partial charge in [0.2, 0.25) is 5.82 Å². The third kappa shape index (κ3) is 1.89. The third-order valence-electron chi connectivity index (χ3n) is 1.81. The summed E-state index contributed by atoms with van der Waals surface area (Å²) in [5, 5.41) is 27.9. The number of nitro groups is 1. The van der Waals surface area contributed by atoms with E-state index < -0.39 is 23.5 Å². The highest BCUT2D eigenvalue weighted by molar-refractivity contribution is 6.59. The minimum atomic E-state index is -1.84. The second-order valence-corrected chi connectivity index (χ2v) is 2.79. The van der Waals surface area contributed by atoms with Gasteiger partial charge in [-0.1, -0.05) is 0 Å². The smallest absolute Gasteiger partial charge is 0.423 e. The lowest BCUT2D eigenvalue weighted by molar-refractivity contribution is -0.387. The van der Waals surface area contributed by atoms with E-state index in [4.69, 9.17) is 10.0 Å². The Morgan fingerprint density at radius 1 is 1.50 bits per heavy atom. The number of benzene rings is 1. The highest BCUT2D eigenvalue weighted by Crippen LogP contribution is 2.16. The standard InChI is InChI=1S/C7H7BFNO4/c1-4-2-6(9)7(10(13)14)3-5(4)8(11)12/h2-3,11-12H,1H3. The maximum atomic E-state index is 12.9. The summed E-state index contributed by atoms with van der Waals surface area (Å²) in [5.74, 6) is -0.989. The van der Waals surface area contributed by atoms with E-state index in [1.54, 1.807) is 0 Å². The van der Waals surface area contributed by atoms with Gasteiger partial charge in [-0.2, -0.15) is 4.39 Å². The van der Waals surface area contributed by atoms with E-state index in [-0.39, 0.29) is 11.0 Å². The predicted octanol–water partition coefficient (Wildman–Crippen LogP) is -0.278. The molecule has 0 saturated heterocycles. The van der Waals surface area contributed by atoms with Crippen LogP contribution in [0.25, 0.3) is 0 Å². The van der Waals surface area contributed by atoms with E-state index in [0.717, 1.165) is 12.1 Å². The number of nitrogens with zero attached hydrogens (tertiary/aromatic N) is 1. The van der Waals surface area contributed by atoms with Gasteiger partial charge in [0.05, 0.1) is 4.92 Å². The van der Waals surface area contributed by atoms with Gasteiger partial charge < -0.3 is 10.0 Å². The van der Waals surface area contributed by atoms with E-state index in [9.17, 15) is 14.5 Å². The van der Waals surface area contributed by atoms with Crippen molar-refractivity contribution in [2.45, 2.75) is 6.92 Å². The Morgan fingerprint density at radius 2 is 2.07 bits per heavy atom. The van der Waals surface area contributed by atoms with Crippen molar-refractivity contribution < 1.29 is 19.4 Å². The van der Waals surface area contributed by atoms with Gasteiger partial charge >= 0.3 is 12.8 Å². The molecule has 0 radical (unpaired) electrons. The number of hydrogen-bond acceptors (Lipinski definition) is 4. The molecule has 2 N–H and O–H groups in total. The second-order valence-electron chi connectivity index (χ2n) is 2.79. The molecule has 0 aromatic heterocycles. The normalized spacial score (nSPS) is 10.0. The molecule has 0 heterocycles. The average Bonchev–Trinajstić information content (AvgIpc) is 2.02.